The van der Waals surface area contributed by atoms with Gasteiger partial charge in [-0.2, -0.15) is 0 Å². The molecule has 1 amide bonds. The van der Waals surface area contributed by atoms with Crippen LogP contribution in [0.4, 0.5) is 5.69 Å². The molecule has 0 heterocycles. The third-order valence-electron chi connectivity index (χ3n) is 2.79. The summed E-state index contributed by atoms with van der Waals surface area (Å²) in [4.78, 5) is 12.0. The predicted octanol–water partition coefficient (Wildman–Crippen LogP) is 2.37. The summed E-state index contributed by atoms with van der Waals surface area (Å²) >= 11 is 0. The summed E-state index contributed by atoms with van der Waals surface area (Å²) in [6, 6.07) is 15.6. The van der Waals surface area contributed by atoms with Gasteiger partial charge >= 0.3 is 0 Å². The van der Waals surface area contributed by atoms with Crippen LogP contribution in [0.1, 0.15) is 11.7 Å². The van der Waals surface area contributed by atoms with E-state index in [4.69, 9.17) is 11.2 Å². The van der Waals surface area contributed by atoms with Gasteiger partial charge in [0.25, 0.3) is 5.91 Å². The number of aliphatic hydroxyl groups excluding tert-OH is 1. The first-order chi connectivity index (χ1) is 10.2. The van der Waals surface area contributed by atoms with Crippen molar-refractivity contribution in [3.05, 3.63) is 60.2 Å². The molecule has 2 rings (SSSR count). The third kappa shape index (κ3) is 4.10. The molecule has 0 aromatic heterocycles. The van der Waals surface area contributed by atoms with Crippen LogP contribution in [-0.4, -0.2) is 17.6 Å². The van der Waals surface area contributed by atoms with Crippen molar-refractivity contribution in [3.8, 4) is 18.1 Å². The largest absolute Gasteiger partial charge is 0.481 e. The summed E-state index contributed by atoms with van der Waals surface area (Å²) in [5.74, 6) is 2.42. The van der Waals surface area contributed by atoms with Crippen LogP contribution in [0, 0.1) is 12.3 Å². The molecule has 0 fully saturated rings. The first kappa shape index (κ1) is 14.6. The second-order valence-electron chi connectivity index (χ2n) is 4.32. The highest BCUT2D eigenvalue weighted by molar-refractivity contribution is 5.94. The highest BCUT2D eigenvalue weighted by Gasteiger charge is 2.17. The van der Waals surface area contributed by atoms with Crippen molar-refractivity contribution in [2.24, 2.45) is 0 Å². The van der Waals surface area contributed by atoms with Crippen LogP contribution in [0.2, 0.25) is 0 Å². The SMILES string of the molecule is C#CCOc1cccc(NC(=O)C(O)c2ccccc2)c1. The van der Waals surface area contributed by atoms with Crippen molar-refractivity contribution < 1.29 is 14.6 Å². The molecule has 0 bridgehead atoms. The molecular weight excluding hydrogens is 266 g/mol. The number of hydrogen-bond donors (Lipinski definition) is 2. The fraction of sp³-hybridized carbons (Fsp3) is 0.118. The number of terminal acetylenes is 1. The zero-order valence-corrected chi connectivity index (χ0v) is 11.3. The molecule has 2 aromatic rings. The Morgan fingerprint density at radius 2 is 2.00 bits per heavy atom. The number of nitrogens with one attached hydrogen (secondary N) is 1. The number of aliphatic hydroxyl groups is 1. The number of anilines is 1. The van der Waals surface area contributed by atoms with Crippen molar-refractivity contribution in [1.82, 2.24) is 0 Å². The van der Waals surface area contributed by atoms with Crippen LogP contribution >= 0.6 is 0 Å². The third-order valence-corrected chi connectivity index (χ3v) is 2.79. The topological polar surface area (TPSA) is 58.6 Å². The van der Waals surface area contributed by atoms with Gasteiger partial charge in [0.1, 0.15) is 12.4 Å². The maximum atomic E-state index is 12.0. The maximum Gasteiger partial charge on any atom is 0.257 e. The van der Waals surface area contributed by atoms with Crippen molar-refractivity contribution in [2.75, 3.05) is 11.9 Å². The van der Waals surface area contributed by atoms with Crippen molar-refractivity contribution in [3.63, 3.8) is 0 Å². The van der Waals surface area contributed by atoms with Gasteiger partial charge in [-0.3, -0.25) is 4.79 Å². The number of rotatable bonds is 5. The lowest BCUT2D eigenvalue weighted by Gasteiger charge is -2.12. The average molecular weight is 281 g/mol. The minimum absolute atomic E-state index is 0.157. The second kappa shape index (κ2) is 7.13. The van der Waals surface area contributed by atoms with Crippen LogP contribution in [-0.2, 0) is 4.79 Å². The van der Waals surface area contributed by atoms with E-state index in [9.17, 15) is 9.90 Å². The van der Waals surface area contributed by atoms with E-state index in [0.717, 1.165) is 0 Å². The number of carbonyl (C=O) groups is 1. The molecular formula is C17H15NO3. The van der Waals surface area contributed by atoms with Crippen molar-refractivity contribution in [2.45, 2.75) is 6.10 Å². The number of ether oxygens (including phenoxy) is 1. The summed E-state index contributed by atoms with van der Waals surface area (Å²) in [5.41, 5.74) is 1.07. The van der Waals surface area contributed by atoms with Crippen molar-refractivity contribution >= 4 is 11.6 Å². The van der Waals surface area contributed by atoms with Crippen LogP contribution in [0.15, 0.2) is 54.6 Å². The van der Waals surface area contributed by atoms with Gasteiger partial charge in [0.15, 0.2) is 6.10 Å². The molecule has 0 spiro atoms. The predicted molar refractivity (Wildman–Crippen MR) is 80.8 cm³/mol. The van der Waals surface area contributed by atoms with Crippen LogP contribution in [0.3, 0.4) is 0 Å². The van der Waals surface area contributed by atoms with E-state index in [1.54, 1.807) is 48.5 Å². The van der Waals surface area contributed by atoms with E-state index >= 15 is 0 Å². The lowest BCUT2D eigenvalue weighted by atomic mass is 10.1. The molecule has 0 aliphatic heterocycles. The van der Waals surface area contributed by atoms with Gasteiger partial charge in [0, 0.05) is 11.8 Å². The summed E-state index contributed by atoms with van der Waals surface area (Å²) in [5, 5.41) is 12.6. The van der Waals surface area contributed by atoms with Gasteiger partial charge in [0.2, 0.25) is 0 Å². The molecule has 1 unspecified atom stereocenters. The molecule has 0 saturated heterocycles. The Balaban J connectivity index is 2.04. The van der Waals surface area contributed by atoms with Gasteiger partial charge in [0.05, 0.1) is 0 Å². The van der Waals surface area contributed by atoms with E-state index in [0.29, 0.717) is 17.0 Å². The van der Waals surface area contributed by atoms with Gasteiger partial charge < -0.3 is 15.2 Å². The molecule has 4 heteroatoms. The minimum Gasteiger partial charge on any atom is -0.481 e. The first-order valence-electron chi connectivity index (χ1n) is 6.41. The molecule has 0 saturated carbocycles. The number of benzene rings is 2. The zero-order valence-electron chi connectivity index (χ0n) is 11.3. The lowest BCUT2D eigenvalue weighted by molar-refractivity contribution is -0.124. The van der Waals surface area contributed by atoms with Crippen LogP contribution in [0.5, 0.6) is 5.75 Å². The highest BCUT2D eigenvalue weighted by Crippen LogP contribution is 2.19. The Hall–Kier alpha value is -2.77. The lowest BCUT2D eigenvalue weighted by Crippen LogP contribution is -2.20. The van der Waals surface area contributed by atoms with Crippen LogP contribution in [0.25, 0.3) is 0 Å². The molecule has 2 aromatic carbocycles. The molecule has 0 radical (unpaired) electrons. The zero-order chi connectivity index (χ0) is 15.1. The normalized spacial score (nSPS) is 11.2. The average Bonchev–Trinajstić information content (AvgIpc) is 2.53. The highest BCUT2D eigenvalue weighted by atomic mass is 16.5. The van der Waals surface area contributed by atoms with Gasteiger partial charge in [-0.1, -0.05) is 42.3 Å². The number of carbonyl (C=O) groups excluding carboxylic acids is 1. The molecule has 2 N–H and O–H groups in total. The first-order valence-corrected chi connectivity index (χ1v) is 6.41. The maximum absolute atomic E-state index is 12.0. The smallest absolute Gasteiger partial charge is 0.257 e. The fourth-order valence-corrected chi connectivity index (χ4v) is 1.79. The summed E-state index contributed by atoms with van der Waals surface area (Å²) in [6.45, 7) is 0.157. The van der Waals surface area contributed by atoms with Crippen LogP contribution < -0.4 is 10.1 Å². The molecule has 0 aliphatic carbocycles. The summed E-state index contributed by atoms with van der Waals surface area (Å²) in [6.07, 6.45) is 3.90. The minimum atomic E-state index is -1.22. The summed E-state index contributed by atoms with van der Waals surface area (Å²) < 4.78 is 5.27. The molecule has 1 atom stereocenters. The van der Waals surface area contributed by atoms with Gasteiger partial charge in [-0.25, -0.2) is 0 Å². The van der Waals surface area contributed by atoms with E-state index in [1.807, 2.05) is 6.07 Å². The number of hydrogen-bond acceptors (Lipinski definition) is 3. The monoisotopic (exact) mass is 281 g/mol. The standard InChI is InChI=1S/C17H15NO3/c1-2-11-21-15-10-6-9-14(12-15)18-17(20)16(19)13-7-4-3-5-8-13/h1,3-10,12,16,19H,11H2,(H,18,20). The quantitative estimate of drug-likeness (QED) is 0.827. The molecule has 0 aliphatic rings. The molecule has 21 heavy (non-hydrogen) atoms. The Labute approximate surface area is 123 Å². The Morgan fingerprint density at radius 3 is 2.71 bits per heavy atom. The Kier molecular flexibility index (Phi) is 4.97. The second-order valence-corrected chi connectivity index (χ2v) is 4.32. The van der Waals surface area contributed by atoms with E-state index in [1.165, 1.54) is 0 Å². The van der Waals surface area contributed by atoms with E-state index < -0.39 is 12.0 Å². The fourth-order valence-electron chi connectivity index (χ4n) is 1.79. The van der Waals surface area contributed by atoms with E-state index in [2.05, 4.69) is 11.2 Å². The Bertz CT molecular complexity index is 647. The van der Waals surface area contributed by atoms with Crippen molar-refractivity contribution in [1.29, 1.82) is 0 Å². The summed E-state index contributed by atoms with van der Waals surface area (Å²) in [7, 11) is 0. The molecule has 4 nitrogen and oxygen atoms in total. The Morgan fingerprint density at radius 1 is 1.24 bits per heavy atom. The van der Waals surface area contributed by atoms with Gasteiger partial charge in [-0.05, 0) is 17.7 Å². The van der Waals surface area contributed by atoms with E-state index in [-0.39, 0.29) is 6.61 Å². The number of amides is 1. The van der Waals surface area contributed by atoms with Gasteiger partial charge in [-0.15, -0.1) is 6.42 Å². The molecule has 106 valence electrons.